The number of phenols is 1. The normalized spacial score (nSPS) is 21.8. The van der Waals surface area contributed by atoms with E-state index >= 15 is 0 Å². The molecule has 0 fully saturated rings. The fourth-order valence-corrected chi connectivity index (χ4v) is 2.06. The minimum atomic E-state index is -0.668. The molecule has 0 aromatic heterocycles. The van der Waals surface area contributed by atoms with E-state index in [1.54, 1.807) is 30.5 Å². The van der Waals surface area contributed by atoms with Crippen molar-refractivity contribution in [1.29, 1.82) is 0 Å². The zero-order valence-electron chi connectivity index (χ0n) is 12.1. The van der Waals surface area contributed by atoms with Gasteiger partial charge in [0.15, 0.2) is 18.2 Å². The van der Waals surface area contributed by atoms with Crippen molar-refractivity contribution in [2.75, 3.05) is 11.9 Å². The number of amides is 1. The number of anilines is 1. The molecule has 0 aliphatic carbocycles. The lowest BCUT2D eigenvalue weighted by Crippen LogP contribution is -2.52. The molecule has 9 heteroatoms. The lowest BCUT2D eigenvalue weighted by Gasteiger charge is -2.25. The summed E-state index contributed by atoms with van der Waals surface area (Å²) in [5.41, 5.74) is 6.96. The molecule has 2 unspecified atom stereocenters. The average molecular weight is 316 g/mol. The van der Waals surface area contributed by atoms with Crippen molar-refractivity contribution < 1.29 is 14.7 Å². The first-order valence-corrected chi connectivity index (χ1v) is 6.67. The number of benzene rings is 1. The Morgan fingerprint density at radius 2 is 1.96 bits per heavy atom. The minimum Gasteiger partial charge on any atom is -0.508 e. The van der Waals surface area contributed by atoms with Crippen LogP contribution in [0.1, 0.15) is 0 Å². The summed E-state index contributed by atoms with van der Waals surface area (Å²) < 4.78 is 0. The van der Waals surface area contributed by atoms with Gasteiger partial charge in [0.1, 0.15) is 12.5 Å². The van der Waals surface area contributed by atoms with Crippen LogP contribution in [0.3, 0.4) is 0 Å². The van der Waals surface area contributed by atoms with E-state index in [0.29, 0.717) is 12.3 Å². The number of hydrogen-bond donors (Lipinski definition) is 4. The van der Waals surface area contributed by atoms with E-state index in [1.807, 2.05) is 6.79 Å². The van der Waals surface area contributed by atoms with Crippen LogP contribution in [0, 0.1) is 0 Å². The van der Waals surface area contributed by atoms with Crippen molar-refractivity contribution >= 4 is 36.3 Å². The van der Waals surface area contributed by atoms with Crippen molar-refractivity contribution in [2.24, 2.45) is 20.7 Å². The van der Waals surface area contributed by atoms with Crippen molar-refractivity contribution in [3.8, 4) is 5.75 Å². The Bertz CT molecular complexity index is 668. The van der Waals surface area contributed by atoms with Gasteiger partial charge in [-0.1, -0.05) is 0 Å². The van der Waals surface area contributed by atoms with Gasteiger partial charge in [-0.2, -0.15) is 0 Å². The maximum atomic E-state index is 11.8. The number of hydrogen-bond acceptors (Lipinski definition) is 8. The third-order valence-corrected chi connectivity index (χ3v) is 3.10. The van der Waals surface area contributed by atoms with Crippen molar-refractivity contribution in [1.82, 2.24) is 5.32 Å². The van der Waals surface area contributed by atoms with Crippen LogP contribution < -0.4 is 16.4 Å². The molecule has 1 aromatic carbocycles. The van der Waals surface area contributed by atoms with Gasteiger partial charge >= 0.3 is 0 Å². The highest BCUT2D eigenvalue weighted by Crippen LogP contribution is 2.15. The number of carbonyl (C=O) groups excluding carboxylic acids is 2. The molecule has 23 heavy (non-hydrogen) atoms. The number of aliphatic imine (C=N–C) groups is 3. The molecule has 3 rings (SSSR count). The van der Waals surface area contributed by atoms with Gasteiger partial charge in [0, 0.05) is 11.9 Å². The molecular weight excluding hydrogens is 300 g/mol. The average Bonchev–Trinajstić information content (AvgIpc) is 2.56. The Hall–Kier alpha value is -3.23. The van der Waals surface area contributed by atoms with E-state index in [2.05, 4.69) is 25.6 Å². The number of nitrogens with two attached hydrogens (primary N) is 1. The number of fused-ring (bicyclic) bond motifs is 1. The molecule has 2 atom stereocenters. The van der Waals surface area contributed by atoms with Crippen molar-refractivity contribution in [3.63, 3.8) is 0 Å². The quantitative estimate of drug-likeness (QED) is 0.545. The van der Waals surface area contributed by atoms with E-state index in [1.165, 1.54) is 0 Å². The summed E-state index contributed by atoms with van der Waals surface area (Å²) in [4.78, 5) is 32.4. The Balaban J connectivity index is 0.000000924. The molecule has 2 aliphatic rings. The van der Waals surface area contributed by atoms with Gasteiger partial charge in [-0.3, -0.25) is 20.1 Å². The largest absolute Gasteiger partial charge is 0.508 e. The summed E-state index contributed by atoms with van der Waals surface area (Å²) in [6.45, 7) is 2.42. The number of nitrogens with zero attached hydrogens (tertiary/aromatic N) is 3. The predicted octanol–water partition coefficient (Wildman–Crippen LogP) is -0.716. The van der Waals surface area contributed by atoms with Crippen molar-refractivity contribution in [3.05, 3.63) is 24.3 Å². The molecule has 0 saturated carbocycles. The molecule has 0 spiro atoms. The second kappa shape index (κ2) is 7.16. The third-order valence-electron chi connectivity index (χ3n) is 3.10. The SMILES string of the molecule is C=O.NC1=NC2N=CC(CNc3ccc(O)cc3)=NC2C(=O)N1. The van der Waals surface area contributed by atoms with Gasteiger partial charge in [0.25, 0.3) is 5.91 Å². The Morgan fingerprint density at radius 3 is 2.65 bits per heavy atom. The number of phenolic OH excluding ortho intramolecular Hbond substituents is 1. The number of nitrogens with one attached hydrogen (secondary N) is 2. The Morgan fingerprint density at radius 1 is 1.26 bits per heavy atom. The fourth-order valence-electron chi connectivity index (χ4n) is 2.06. The molecule has 0 saturated heterocycles. The van der Waals surface area contributed by atoms with Crippen LogP contribution in [0.5, 0.6) is 5.75 Å². The van der Waals surface area contributed by atoms with Crippen LogP contribution in [0.25, 0.3) is 0 Å². The fraction of sp³-hybridized carbons (Fsp3) is 0.214. The number of guanidine groups is 1. The van der Waals surface area contributed by atoms with Gasteiger partial charge in [-0.25, -0.2) is 4.99 Å². The smallest absolute Gasteiger partial charge is 0.255 e. The number of carbonyl (C=O) groups is 2. The monoisotopic (exact) mass is 316 g/mol. The summed E-state index contributed by atoms with van der Waals surface area (Å²) in [6.07, 6.45) is 1.01. The van der Waals surface area contributed by atoms with E-state index in [-0.39, 0.29) is 17.6 Å². The first-order chi connectivity index (χ1) is 11.1. The number of rotatable bonds is 3. The summed E-state index contributed by atoms with van der Waals surface area (Å²) in [5.74, 6) is -0.0277. The van der Waals surface area contributed by atoms with E-state index in [0.717, 1.165) is 5.69 Å². The van der Waals surface area contributed by atoms with Crippen LogP contribution in [0.4, 0.5) is 5.69 Å². The Kier molecular flexibility index (Phi) is 5.03. The van der Waals surface area contributed by atoms with E-state index in [9.17, 15) is 9.90 Å². The van der Waals surface area contributed by atoms with Crippen LogP contribution >= 0.6 is 0 Å². The van der Waals surface area contributed by atoms with Gasteiger partial charge in [-0.05, 0) is 24.3 Å². The summed E-state index contributed by atoms with van der Waals surface area (Å²) in [5, 5.41) is 14.8. The molecule has 0 bridgehead atoms. The summed E-state index contributed by atoms with van der Waals surface area (Å²) in [6, 6.07) is 6.00. The molecule has 9 nitrogen and oxygen atoms in total. The highest BCUT2D eigenvalue weighted by molar-refractivity contribution is 6.33. The topological polar surface area (TPSA) is 142 Å². The van der Waals surface area contributed by atoms with Crippen LogP contribution in [0.2, 0.25) is 0 Å². The summed E-state index contributed by atoms with van der Waals surface area (Å²) in [7, 11) is 0. The lowest BCUT2D eigenvalue weighted by molar-refractivity contribution is -0.121. The molecule has 1 aromatic rings. The highest BCUT2D eigenvalue weighted by atomic mass is 16.3. The molecule has 2 heterocycles. The molecular formula is C14H16N6O3. The van der Waals surface area contributed by atoms with E-state index < -0.39 is 12.2 Å². The molecule has 120 valence electrons. The van der Waals surface area contributed by atoms with Gasteiger partial charge in [-0.15, -0.1) is 0 Å². The standard InChI is InChI=1S/C13H14N6O2.CH2O/c14-13-18-11-10(12(21)19-13)17-8(6-16-11)5-15-7-1-3-9(20)4-2-7;1-2/h1-4,6,10-11,15,20H,5H2,(H3,14,18,19,21);1H2. The first-order valence-electron chi connectivity index (χ1n) is 6.67. The molecule has 2 aliphatic heterocycles. The maximum Gasteiger partial charge on any atom is 0.255 e. The molecule has 5 N–H and O–H groups in total. The second-order valence-electron chi connectivity index (χ2n) is 4.66. The zero-order chi connectivity index (χ0) is 16.8. The van der Waals surface area contributed by atoms with Gasteiger partial charge in [0.2, 0.25) is 0 Å². The van der Waals surface area contributed by atoms with Gasteiger partial charge < -0.3 is 21.0 Å². The molecule has 1 amide bonds. The lowest BCUT2D eigenvalue weighted by atomic mass is 10.1. The highest BCUT2D eigenvalue weighted by Gasteiger charge is 2.33. The van der Waals surface area contributed by atoms with Crippen LogP contribution in [-0.4, -0.2) is 54.4 Å². The predicted molar refractivity (Wildman–Crippen MR) is 87.0 cm³/mol. The van der Waals surface area contributed by atoms with Gasteiger partial charge in [0.05, 0.1) is 12.3 Å². The second-order valence-corrected chi connectivity index (χ2v) is 4.66. The zero-order valence-corrected chi connectivity index (χ0v) is 12.1. The maximum absolute atomic E-state index is 11.8. The van der Waals surface area contributed by atoms with Crippen LogP contribution in [-0.2, 0) is 9.59 Å². The van der Waals surface area contributed by atoms with E-state index in [4.69, 9.17) is 10.5 Å². The van der Waals surface area contributed by atoms with Crippen LogP contribution in [0.15, 0.2) is 39.2 Å². The third kappa shape index (κ3) is 3.90. The minimum absolute atomic E-state index is 0.0688. The Labute approximate surface area is 132 Å². The number of aromatic hydroxyl groups is 1. The molecule has 0 radical (unpaired) electrons. The summed E-state index contributed by atoms with van der Waals surface area (Å²) >= 11 is 0. The van der Waals surface area contributed by atoms with Crippen molar-refractivity contribution in [2.45, 2.75) is 12.2 Å². The first kappa shape index (κ1) is 16.1.